The van der Waals surface area contributed by atoms with Crippen LogP contribution in [0.4, 0.5) is 0 Å². The average Bonchev–Trinajstić information content (AvgIpc) is 2.95. The zero-order valence-electron chi connectivity index (χ0n) is 8.53. The van der Waals surface area contributed by atoms with Crippen molar-refractivity contribution in [2.45, 2.75) is 0 Å². The number of aromatic carboxylic acids is 1. The third-order valence-corrected chi connectivity index (χ3v) is 2.36. The Bertz CT molecular complexity index is 666. The summed E-state index contributed by atoms with van der Waals surface area (Å²) in [5.74, 6) is -1.04. The van der Waals surface area contributed by atoms with Crippen molar-refractivity contribution in [1.82, 2.24) is 24.8 Å². The van der Waals surface area contributed by atoms with Crippen molar-refractivity contribution in [2.75, 3.05) is 0 Å². The van der Waals surface area contributed by atoms with Crippen LogP contribution >= 0.6 is 0 Å². The normalized spacial score (nSPS) is 10.8. The Kier molecular flexibility index (Phi) is 1.91. The van der Waals surface area contributed by atoms with E-state index in [0.717, 1.165) is 0 Å². The molecule has 0 amide bonds. The molecule has 0 aliphatic carbocycles. The summed E-state index contributed by atoms with van der Waals surface area (Å²) in [5, 5.41) is 19.5. The van der Waals surface area contributed by atoms with Gasteiger partial charge in [0.25, 0.3) is 0 Å². The Hall–Kier alpha value is -2.70. The maximum atomic E-state index is 11.0. The van der Waals surface area contributed by atoms with Crippen molar-refractivity contribution in [3.8, 4) is 11.4 Å². The molecule has 17 heavy (non-hydrogen) atoms. The van der Waals surface area contributed by atoms with E-state index in [4.69, 9.17) is 5.11 Å². The lowest BCUT2D eigenvalue weighted by atomic mass is 10.2. The zero-order chi connectivity index (χ0) is 11.8. The van der Waals surface area contributed by atoms with E-state index in [1.54, 1.807) is 29.0 Å². The van der Waals surface area contributed by atoms with Gasteiger partial charge in [-0.1, -0.05) is 0 Å². The third kappa shape index (κ3) is 1.44. The monoisotopic (exact) mass is 229 g/mol. The van der Waals surface area contributed by atoms with Crippen molar-refractivity contribution in [1.29, 1.82) is 0 Å². The fourth-order valence-electron chi connectivity index (χ4n) is 1.60. The molecule has 2 N–H and O–H groups in total. The second-order valence-electron chi connectivity index (χ2n) is 3.42. The molecule has 0 bridgehead atoms. The first-order chi connectivity index (χ1) is 8.25. The molecular formula is C10H7N5O2. The summed E-state index contributed by atoms with van der Waals surface area (Å²) in [6.45, 7) is 0. The van der Waals surface area contributed by atoms with Gasteiger partial charge in [0.1, 0.15) is 11.3 Å². The van der Waals surface area contributed by atoms with Crippen molar-refractivity contribution in [3.05, 3.63) is 36.3 Å². The number of hydrogen-bond donors (Lipinski definition) is 2. The number of carbonyl (C=O) groups is 1. The molecule has 3 aromatic rings. The number of nitrogens with one attached hydrogen (secondary N) is 1. The van der Waals surface area contributed by atoms with Crippen LogP contribution in [0.3, 0.4) is 0 Å². The lowest BCUT2D eigenvalue weighted by Crippen LogP contribution is -1.97. The number of H-pyrrole nitrogens is 1. The summed E-state index contributed by atoms with van der Waals surface area (Å²) in [6.07, 6.45) is 4.64. The van der Waals surface area contributed by atoms with Crippen LogP contribution < -0.4 is 0 Å². The van der Waals surface area contributed by atoms with Crippen molar-refractivity contribution in [3.63, 3.8) is 0 Å². The largest absolute Gasteiger partial charge is 0.478 e. The van der Waals surface area contributed by atoms with Crippen LogP contribution in [0.1, 0.15) is 10.4 Å². The fraction of sp³-hybridized carbons (Fsp3) is 0. The molecule has 3 heterocycles. The van der Waals surface area contributed by atoms with E-state index in [-0.39, 0.29) is 5.56 Å². The number of carboxylic acid groups (broad SMARTS) is 1. The second-order valence-corrected chi connectivity index (χ2v) is 3.42. The van der Waals surface area contributed by atoms with E-state index in [1.165, 1.54) is 6.20 Å². The van der Waals surface area contributed by atoms with Crippen LogP contribution in [0.2, 0.25) is 0 Å². The van der Waals surface area contributed by atoms with Gasteiger partial charge in [-0.2, -0.15) is 10.2 Å². The van der Waals surface area contributed by atoms with Crippen LogP contribution in [0, 0.1) is 0 Å². The molecule has 3 rings (SSSR count). The second kappa shape index (κ2) is 3.41. The highest BCUT2D eigenvalue weighted by Crippen LogP contribution is 2.20. The summed E-state index contributed by atoms with van der Waals surface area (Å²) in [6, 6.07) is 3.44. The highest BCUT2D eigenvalue weighted by molar-refractivity contribution is 5.94. The van der Waals surface area contributed by atoms with E-state index in [1.807, 2.05) is 0 Å². The Morgan fingerprint density at radius 3 is 3.12 bits per heavy atom. The highest BCUT2D eigenvalue weighted by Gasteiger charge is 2.16. The van der Waals surface area contributed by atoms with Crippen LogP contribution in [-0.2, 0) is 0 Å². The van der Waals surface area contributed by atoms with Gasteiger partial charge in [0.2, 0.25) is 0 Å². The molecule has 0 saturated heterocycles. The molecule has 0 aliphatic heterocycles. The molecule has 0 radical (unpaired) electrons. The topological polar surface area (TPSA) is 96.2 Å². The SMILES string of the molecule is O=C(O)c1cn[nH]c1-c1cc2ncccn2n1. The van der Waals surface area contributed by atoms with E-state index >= 15 is 0 Å². The summed E-state index contributed by atoms with van der Waals surface area (Å²) in [4.78, 5) is 15.1. The predicted octanol–water partition coefficient (Wildman–Crippen LogP) is 0.818. The Balaban J connectivity index is 2.20. The van der Waals surface area contributed by atoms with Gasteiger partial charge in [0.05, 0.1) is 11.9 Å². The van der Waals surface area contributed by atoms with Gasteiger partial charge < -0.3 is 5.11 Å². The van der Waals surface area contributed by atoms with Gasteiger partial charge >= 0.3 is 5.97 Å². The molecule has 0 aliphatic rings. The molecule has 0 atom stereocenters. The van der Waals surface area contributed by atoms with Gasteiger partial charge in [0, 0.05) is 18.5 Å². The number of nitrogens with zero attached hydrogens (tertiary/aromatic N) is 4. The molecular weight excluding hydrogens is 222 g/mol. The van der Waals surface area contributed by atoms with Gasteiger partial charge in [-0.25, -0.2) is 14.3 Å². The standard InChI is InChI=1S/C10H7N5O2/c16-10(17)6-5-12-13-9(6)7-4-8-11-2-1-3-15(8)14-7/h1-5H,(H,12,13)(H,16,17). The summed E-state index contributed by atoms with van der Waals surface area (Å²) in [7, 11) is 0. The number of fused-ring (bicyclic) bond motifs is 1. The Morgan fingerprint density at radius 2 is 2.35 bits per heavy atom. The number of rotatable bonds is 2. The molecule has 0 fully saturated rings. The highest BCUT2D eigenvalue weighted by atomic mass is 16.4. The van der Waals surface area contributed by atoms with E-state index in [9.17, 15) is 4.79 Å². The summed E-state index contributed by atoms with van der Waals surface area (Å²) >= 11 is 0. The molecule has 0 spiro atoms. The first-order valence-electron chi connectivity index (χ1n) is 4.83. The van der Waals surface area contributed by atoms with Crippen LogP contribution in [0.25, 0.3) is 17.0 Å². The summed E-state index contributed by atoms with van der Waals surface area (Å²) in [5.41, 5.74) is 1.61. The average molecular weight is 229 g/mol. The number of aromatic nitrogens is 5. The number of aromatic amines is 1. The van der Waals surface area contributed by atoms with Crippen molar-refractivity contribution in [2.24, 2.45) is 0 Å². The fourth-order valence-corrected chi connectivity index (χ4v) is 1.60. The first-order valence-corrected chi connectivity index (χ1v) is 4.83. The zero-order valence-corrected chi connectivity index (χ0v) is 8.53. The van der Waals surface area contributed by atoms with E-state index in [0.29, 0.717) is 17.0 Å². The number of carboxylic acids is 1. The first kappa shape index (κ1) is 9.52. The van der Waals surface area contributed by atoms with E-state index in [2.05, 4.69) is 20.3 Å². The minimum atomic E-state index is -1.04. The minimum Gasteiger partial charge on any atom is -0.478 e. The summed E-state index contributed by atoms with van der Waals surface area (Å²) < 4.78 is 1.57. The molecule has 7 heteroatoms. The van der Waals surface area contributed by atoms with Crippen LogP contribution in [0.5, 0.6) is 0 Å². The smallest absolute Gasteiger partial charge is 0.339 e. The minimum absolute atomic E-state index is 0.0911. The van der Waals surface area contributed by atoms with Crippen LogP contribution in [-0.4, -0.2) is 35.9 Å². The van der Waals surface area contributed by atoms with Crippen molar-refractivity contribution >= 4 is 11.6 Å². The van der Waals surface area contributed by atoms with E-state index < -0.39 is 5.97 Å². The molecule has 0 unspecified atom stereocenters. The van der Waals surface area contributed by atoms with Gasteiger partial charge in [-0.05, 0) is 6.07 Å². The van der Waals surface area contributed by atoms with Crippen LogP contribution in [0.15, 0.2) is 30.7 Å². The predicted molar refractivity (Wildman–Crippen MR) is 57.5 cm³/mol. The molecule has 0 saturated carbocycles. The number of hydrogen-bond acceptors (Lipinski definition) is 4. The lowest BCUT2D eigenvalue weighted by Gasteiger charge is -1.92. The van der Waals surface area contributed by atoms with Crippen molar-refractivity contribution < 1.29 is 9.90 Å². The van der Waals surface area contributed by atoms with Gasteiger partial charge in [-0.15, -0.1) is 0 Å². The quantitative estimate of drug-likeness (QED) is 0.678. The molecule has 0 aromatic carbocycles. The van der Waals surface area contributed by atoms with Gasteiger partial charge in [-0.3, -0.25) is 5.10 Å². The Morgan fingerprint density at radius 1 is 1.47 bits per heavy atom. The lowest BCUT2D eigenvalue weighted by molar-refractivity contribution is 0.0698. The third-order valence-electron chi connectivity index (χ3n) is 2.36. The maximum absolute atomic E-state index is 11.0. The molecule has 3 aromatic heterocycles. The molecule has 84 valence electrons. The van der Waals surface area contributed by atoms with Gasteiger partial charge in [0.15, 0.2) is 5.65 Å². The maximum Gasteiger partial charge on any atom is 0.339 e. The Labute approximate surface area is 94.7 Å². The molecule has 7 nitrogen and oxygen atoms in total.